The first kappa shape index (κ1) is 16.6. The van der Waals surface area contributed by atoms with Gasteiger partial charge in [-0.15, -0.1) is 0 Å². The summed E-state index contributed by atoms with van der Waals surface area (Å²) in [6.07, 6.45) is 1.99. The van der Waals surface area contributed by atoms with E-state index in [1.54, 1.807) is 36.1 Å². The summed E-state index contributed by atoms with van der Waals surface area (Å²) in [7, 11) is 0. The monoisotopic (exact) mass is 321 g/mol. The van der Waals surface area contributed by atoms with Gasteiger partial charge in [-0.1, -0.05) is 44.0 Å². The lowest BCUT2D eigenvalue weighted by molar-refractivity contribution is -0.129. The third kappa shape index (κ3) is 3.02. The van der Waals surface area contributed by atoms with Crippen molar-refractivity contribution in [2.45, 2.75) is 39.2 Å². The first-order chi connectivity index (χ1) is 10.5. The Morgan fingerprint density at radius 1 is 1.27 bits per heavy atom. The van der Waals surface area contributed by atoms with Crippen molar-refractivity contribution in [2.75, 3.05) is 6.54 Å². The highest BCUT2D eigenvalue weighted by Gasteiger charge is 2.42. The number of halogens is 1. The number of nitrogens with zero attached hydrogens (tertiary/aromatic N) is 1. The SMILES string of the molecule is CCCCN1C(=O)C(O)=C(C(=O)CC)C1c1ccc(Cl)cc1. The Kier molecular flexibility index (Phi) is 5.24. The van der Waals surface area contributed by atoms with E-state index < -0.39 is 17.7 Å². The number of amides is 1. The molecule has 1 aliphatic heterocycles. The van der Waals surface area contributed by atoms with E-state index >= 15 is 0 Å². The third-order valence-corrected chi connectivity index (χ3v) is 4.12. The van der Waals surface area contributed by atoms with Gasteiger partial charge < -0.3 is 10.0 Å². The van der Waals surface area contributed by atoms with Gasteiger partial charge in [0.15, 0.2) is 11.5 Å². The second-order valence-corrected chi connectivity index (χ2v) is 5.78. The van der Waals surface area contributed by atoms with E-state index in [1.165, 1.54) is 0 Å². The minimum absolute atomic E-state index is 0.200. The van der Waals surface area contributed by atoms with Crippen LogP contribution in [0.15, 0.2) is 35.6 Å². The minimum atomic E-state index is -0.524. The topological polar surface area (TPSA) is 57.6 Å². The van der Waals surface area contributed by atoms with Crippen LogP contribution in [0.5, 0.6) is 0 Å². The van der Waals surface area contributed by atoms with Crippen LogP contribution in [0.2, 0.25) is 5.02 Å². The maximum Gasteiger partial charge on any atom is 0.290 e. The maximum absolute atomic E-state index is 12.3. The van der Waals surface area contributed by atoms with Gasteiger partial charge in [0.05, 0.1) is 11.6 Å². The molecule has 1 N–H and O–H groups in total. The van der Waals surface area contributed by atoms with E-state index in [1.807, 2.05) is 6.92 Å². The fourth-order valence-electron chi connectivity index (χ4n) is 2.68. The van der Waals surface area contributed by atoms with Gasteiger partial charge in [-0.25, -0.2) is 0 Å². The van der Waals surface area contributed by atoms with E-state index in [0.717, 1.165) is 18.4 Å². The molecule has 1 aliphatic rings. The zero-order valence-electron chi connectivity index (χ0n) is 12.8. The Bertz CT molecular complexity index is 607. The number of carbonyl (C=O) groups excluding carboxylic acids is 2. The molecule has 0 radical (unpaired) electrons. The first-order valence-electron chi connectivity index (χ1n) is 7.54. The quantitative estimate of drug-likeness (QED) is 0.866. The van der Waals surface area contributed by atoms with E-state index in [0.29, 0.717) is 11.6 Å². The third-order valence-electron chi connectivity index (χ3n) is 3.86. The Morgan fingerprint density at radius 3 is 2.45 bits per heavy atom. The lowest BCUT2D eigenvalue weighted by Crippen LogP contribution is -2.32. The van der Waals surface area contributed by atoms with E-state index in [9.17, 15) is 14.7 Å². The number of Topliss-reactive ketones (excluding diaryl/α,β-unsaturated/α-hetero) is 1. The number of carbonyl (C=O) groups is 2. The fourth-order valence-corrected chi connectivity index (χ4v) is 2.81. The molecule has 1 atom stereocenters. The summed E-state index contributed by atoms with van der Waals surface area (Å²) in [6.45, 7) is 4.26. The molecule has 1 unspecified atom stereocenters. The van der Waals surface area contributed by atoms with Crippen molar-refractivity contribution in [3.63, 3.8) is 0 Å². The van der Waals surface area contributed by atoms with Gasteiger partial charge in [0.25, 0.3) is 5.91 Å². The molecule has 0 bridgehead atoms. The molecule has 118 valence electrons. The molecule has 1 aromatic carbocycles. The second-order valence-electron chi connectivity index (χ2n) is 5.35. The van der Waals surface area contributed by atoms with Crippen molar-refractivity contribution in [1.82, 2.24) is 4.90 Å². The lowest BCUT2D eigenvalue weighted by atomic mass is 9.95. The summed E-state index contributed by atoms with van der Waals surface area (Å²) in [6, 6.07) is 6.51. The van der Waals surface area contributed by atoms with Gasteiger partial charge in [-0.3, -0.25) is 9.59 Å². The molecule has 2 rings (SSSR count). The number of hydrogen-bond acceptors (Lipinski definition) is 3. The number of benzene rings is 1. The molecule has 4 nitrogen and oxygen atoms in total. The maximum atomic E-state index is 12.3. The van der Waals surface area contributed by atoms with Crippen LogP contribution in [0.25, 0.3) is 0 Å². The van der Waals surface area contributed by atoms with Crippen molar-refractivity contribution in [3.05, 3.63) is 46.2 Å². The molecule has 0 fully saturated rings. The predicted molar refractivity (Wildman–Crippen MR) is 85.8 cm³/mol. The van der Waals surface area contributed by atoms with Crippen molar-refractivity contribution < 1.29 is 14.7 Å². The van der Waals surface area contributed by atoms with E-state index in [2.05, 4.69) is 0 Å². The largest absolute Gasteiger partial charge is 0.503 e. The Balaban J connectivity index is 2.47. The molecule has 0 aromatic heterocycles. The number of aliphatic hydroxyl groups is 1. The average molecular weight is 322 g/mol. The minimum Gasteiger partial charge on any atom is -0.503 e. The van der Waals surface area contributed by atoms with Gasteiger partial charge in [-0.2, -0.15) is 0 Å². The van der Waals surface area contributed by atoms with Crippen molar-refractivity contribution >= 4 is 23.3 Å². The molecular weight excluding hydrogens is 302 g/mol. The molecule has 22 heavy (non-hydrogen) atoms. The van der Waals surface area contributed by atoms with Crippen molar-refractivity contribution in [2.24, 2.45) is 0 Å². The van der Waals surface area contributed by atoms with Gasteiger partial charge >= 0.3 is 0 Å². The summed E-state index contributed by atoms with van der Waals surface area (Å²) < 4.78 is 0. The second kappa shape index (κ2) is 6.97. The van der Waals surface area contributed by atoms with Crippen LogP contribution in [0, 0.1) is 0 Å². The normalized spacial score (nSPS) is 18.2. The highest BCUT2D eigenvalue weighted by atomic mass is 35.5. The summed E-state index contributed by atoms with van der Waals surface area (Å²) >= 11 is 5.91. The van der Waals surface area contributed by atoms with Crippen LogP contribution < -0.4 is 0 Å². The summed E-state index contributed by atoms with van der Waals surface area (Å²) in [4.78, 5) is 26.1. The Morgan fingerprint density at radius 2 is 1.91 bits per heavy atom. The van der Waals surface area contributed by atoms with E-state index in [-0.39, 0.29) is 17.8 Å². The van der Waals surface area contributed by atoms with Crippen molar-refractivity contribution in [3.8, 4) is 0 Å². The number of aliphatic hydroxyl groups excluding tert-OH is 1. The predicted octanol–water partition coefficient (Wildman–Crippen LogP) is 3.81. The smallest absolute Gasteiger partial charge is 0.290 e. The summed E-state index contributed by atoms with van der Waals surface area (Å²) in [5.41, 5.74) is 0.987. The molecular formula is C17H20ClNO3. The number of rotatable bonds is 6. The first-order valence-corrected chi connectivity index (χ1v) is 7.91. The number of ketones is 1. The molecule has 1 aromatic rings. The Labute approximate surface area is 135 Å². The zero-order valence-corrected chi connectivity index (χ0v) is 13.6. The van der Waals surface area contributed by atoms with Gasteiger partial charge in [0, 0.05) is 18.0 Å². The van der Waals surface area contributed by atoms with Crippen molar-refractivity contribution in [1.29, 1.82) is 0 Å². The van der Waals surface area contributed by atoms with Crippen LogP contribution >= 0.6 is 11.6 Å². The number of hydrogen-bond donors (Lipinski definition) is 1. The van der Waals surface area contributed by atoms with Gasteiger partial charge in [0.1, 0.15) is 0 Å². The van der Waals surface area contributed by atoms with Crippen LogP contribution in [0.4, 0.5) is 0 Å². The molecule has 0 spiro atoms. The molecule has 1 amide bonds. The average Bonchev–Trinajstić information content (AvgIpc) is 2.77. The highest BCUT2D eigenvalue weighted by Crippen LogP contribution is 2.38. The zero-order chi connectivity index (χ0) is 16.3. The van der Waals surface area contributed by atoms with Crippen LogP contribution in [-0.2, 0) is 9.59 Å². The number of unbranched alkanes of at least 4 members (excludes halogenated alkanes) is 1. The van der Waals surface area contributed by atoms with Crippen LogP contribution in [-0.4, -0.2) is 28.2 Å². The summed E-state index contributed by atoms with van der Waals surface area (Å²) in [5.74, 6) is -1.09. The molecule has 0 saturated carbocycles. The molecule has 0 aliphatic carbocycles. The fraction of sp³-hybridized carbons (Fsp3) is 0.412. The van der Waals surface area contributed by atoms with Gasteiger partial charge in [-0.05, 0) is 24.1 Å². The lowest BCUT2D eigenvalue weighted by Gasteiger charge is -2.26. The molecule has 0 saturated heterocycles. The molecule has 1 heterocycles. The Hall–Kier alpha value is -1.81. The molecule has 5 heteroatoms. The standard InChI is InChI=1S/C17H20ClNO3/c1-3-5-10-19-15(11-6-8-12(18)9-7-11)14(13(20)4-2)16(21)17(19)22/h6-9,15,21H,3-5,10H2,1-2H3. The summed E-state index contributed by atoms with van der Waals surface area (Å²) in [5, 5.41) is 10.7. The van der Waals surface area contributed by atoms with Crippen LogP contribution in [0.3, 0.4) is 0 Å². The van der Waals surface area contributed by atoms with E-state index in [4.69, 9.17) is 11.6 Å². The van der Waals surface area contributed by atoms with Gasteiger partial charge in [0.2, 0.25) is 0 Å². The highest BCUT2D eigenvalue weighted by molar-refractivity contribution is 6.30. The van der Waals surface area contributed by atoms with Crippen LogP contribution in [0.1, 0.15) is 44.7 Å².